The van der Waals surface area contributed by atoms with E-state index in [1.165, 1.54) is 12.1 Å². The summed E-state index contributed by atoms with van der Waals surface area (Å²) in [5.41, 5.74) is 2.05. The molecular formula is C29H30F4N4O6. The van der Waals surface area contributed by atoms with Gasteiger partial charge in [0.25, 0.3) is 0 Å². The van der Waals surface area contributed by atoms with Crippen molar-refractivity contribution in [3.8, 4) is 11.1 Å². The number of carboxylic acid groups (broad SMARTS) is 2. The normalized spacial score (nSPS) is 11.3. The van der Waals surface area contributed by atoms with Crippen LogP contribution in [-0.4, -0.2) is 58.2 Å². The number of nitrogens with one attached hydrogen (secondary N) is 3. The Morgan fingerprint density at radius 2 is 1.56 bits per heavy atom. The molecular weight excluding hydrogens is 576 g/mol. The average molecular weight is 607 g/mol. The number of hydrogen-bond donors (Lipinski definition) is 5. The maximum Gasteiger partial charge on any atom is 0.490 e. The van der Waals surface area contributed by atoms with E-state index in [2.05, 4.69) is 20.9 Å². The van der Waals surface area contributed by atoms with Crippen LogP contribution in [0.5, 0.6) is 0 Å². The maximum absolute atomic E-state index is 13.5. The largest absolute Gasteiger partial charge is 0.490 e. The van der Waals surface area contributed by atoms with Crippen molar-refractivity contribution in [1.82, 2.24) is 15.6 Å². The second kappa shape index (κ2) is 17.1. The summed E-state index contributed by atoms with van der Waals surface area (Å²) < 4.78 is 45.2. The van der Waals surface area contributed by atoms with E-state index < -0.39 is 30.1 Å². The molecule has 1 heterocycles. The molecule has 5 N–H and O–H groups in total. The molecule has 3 rings (SSSR count). The number of aliphatic carboxylic acids is 2. The predicted octanol–water partition coefficient (Wildman–Crippen LogP) is 4.55. The lowest BCUT2D eigenvalue weighted by molar-refractivity contribution is -0.192. The molecule has 10 nitrogen and oxygen atoms in total. The molecule has 1 unspecified atom stereocenters. The summed E-state index contributed by atoms with van der Waals surface area (Å²) in [6.45, 7) is 0.433. The van der Waals surface area contributed by atoms with E-state index in [1.54, 1.807) is 42.6 Å². The van der Waals surface area contributed by atoms with Crippen LogP contribution in [0.1, 0.15) is 37.3 Å². The number of unbranched alkanes of at least 4 members (excludes halogenated alkanes) is 1. The highest BCUT2D eigenvalue weighted by atomic mass is 19.4. The Morgan fingerprint density at radius 1 is 0.860 bits per heavy atom. The molecule has 14 heteroatoms. The first-order valence-corrected chi connectivity index (χ1v) is 12.9. The third-order valence-corrected chi connectivity index (χ3v) is 5.68. The van der Waals surface area contributed by atoms with Crippen molar-refractivity contribution < 1.29 is 47.0 Å². The fourth-order valence-electron chi connectivity index (χ4n) is 3.61. The van der Waals surface area contributed by atoms with E-state index in [0.717, 1.165) is 17.8 Å². The molecule has 1 atom stereocenters. The van der Waals surface area contributed by atoms with Gasteiger partial charge in [-0.2, -0.15) is 13.2 Å². The molecule has 0 aliphatic rings. The van der Waals surface area contributed by atoms with Crippen LogP contribution in [-0.2, 0) is 19.2 Å². The minimum atomic E-state index is -5.08. The summed E-state index contributed by atoms with van der Waals surface area (Å²) in [4.78, 5) is 48.9. The number of nitrogens with zero attached hydrogens (tertiary/aromatic N) is 1. The second-order valence-electron chi connectivity index (χ2n) is 9.03. The van der Waals surface area contributed by atoms with Gasteiger partial charge in [0.05, 0.1) is 19.0 Å². The zero-order chi connectivity index (χ0) is 31.8. The first kappa shape index (κ1) is 34.2. The molecule has 0 radical (unpaired) electrons. The highest BCUT2D eigenvalue weighted by Crippen LogP contribution is 2.24. The van der Waals surface area contributed by atoms with Gasteiger partial charge < -0.3 is 26.2 Å². The summed E-state index contributed by atoms with van der Waals surface area (Å²) in [7, 11) is 0. The third kappa shape index (κ3) is 13.5. The molecule has 3 aromatic rings. The number of rotatable bonds is 13. The summed E-state index contributed by atoms with van der Waals surface area (Å²) in [5, 5.41) is 24.8. The van der Waals surface area contributed by atoms with Crippen molar-refractivity contribution in [2.75, 3.05) is 18.4 Å². The Labute approximate surface area is 244 Å². The van der Waals surface area contributed by atoms with Gasteiger partial charge in [0.1, 0.15) is 11.6 Å². The number of alkyl halides is 3. The van der Waals surface area contributed by atoms with Gasteiger partial charge in [0.15, 0.2) is 0 Å². The average Bonchev–Trinajstić information content (AvgIpc) is 2.96. The molecule has 0 spiro atoms. The Bertz CT molecular complexity index is 1360. The minimum absolute atomic E-state index is 0.248. The molecule has 0 saturated carbocycles. The lowest BCUT2D eigenvalue weighted by Gasteiger charge is -2.18. The highest BCUT2D eigenvalue weighted by Gasteiger charge is 2.38. The number of benzene rings is 2. The smallest absolute Gasteiger partial charge is 0.481 e. The Hall–Kier alpha value is -5.01. The number of aromatic nitrogens is 1. The van der Waals surface area contributed by atoms with Gasteiger partial charge in [-0.05, 0) is 53.8 Å². The standard InChI is InChI=1S/C27H29FN4O4.C2HF3O2/c28-22-7-5-6-21(16-22)19-10-12-20(13-11-19)23(17-27(35)36)32-26(34)18-31-25(33)9-2-4-15-30-24-8-1-3-14-29-24;3-2(4,5)1(6)7/h1,3,5-8,10-14,16,23H,2,4,9,15,17-18H2,(H,29,30)(H,31,33)(H,32,34)(H,35,36);(H,6,7). The number of pyridine rings is 1. The van der Waals surface area contributed by atoms with Gasteiger partial charge in [0.2, 0.25) is 11.8 Å². The molecule has 1 aromatic heterocycles. The lowest BCUT2D eigenvalue weighted by Crippen LogP contribution is -2.39. The molecule has 2 aromatic carbocycles. The van der Waals surface area contributed by atoms with E-state index in [0.29, 0.717) is 24.1 Å². The van der Waals surface area contributed by atoms with Crippen LogP contribution in [0.4, 0.5) is 23.4 Å². The van der Waals surface area contributed by atoms with Gasteiger partial charge in [-0.15, -0.1) is 0 Å². The second-order valence-corrected chi connectivity index (χ2v) is 9.03. The summed E-state index contributed by atoms with van der Waals surface area (Å²) >= 11 is 0. The van der Waals surface area contributed by atoms with E-state index in [9.17, 15) is 37.1 Å². The number of carbonyl (C=O) groups excluding carboxylic acids is 2. The molecule has 0 aliphatic carbocycles. The van der Waals surface area contributed by atoms with E-state index >= 15 is 0 Å². The van der Waals surface area contributed by atoms with E-state index in [4.69, 9.17) is 9.90 Å². The maximum atomic E-state index is 13.5. The van der Waals surface area contributed by atoms with Crippen molar-refractivity contribution in [1.29, 1.82) is 0 Å². The van der Waals surface area contributed by atoms with Gasteiger partial charge >= 0.3 is 18.1 Å². The van der Waals surface area contributed by atoms with Crippen molar-refractivity contribution in [3.05, 3.63) is 84.3 Å². The number of amides is 2. The van der Waals surface area contributed by atoms with Crippen LogP contribution in [0.15, 0.2) is 72.9 Å². The predicted molar refractivity (Wildman–Crippen MR) is 148 cm³/mol. The zero-order valence-corrected chi connectivity index (χ0v) is 22.7. The van der Waals surface area contributed by atoms with Crippen LogP contribution < -0.4 is 16.0 Å². The first-order chi connectivity index (χ1) is 20.3. The number of hydrogen-bond acceptors (Lipinski definition) is 6. The molecule has 0 saturated heterocycles. The van der Waals surface area contributed by atoms with E-state index in [-0.39, 0.29) is 31.1 Å². The Morgan fingerprint density at radius 3 is 2.14 bits per heavy atom. The summed E-state index contributed by atoms with van der Waals surface area (Å²) in [6, 6.07) is 17.8. The SMILES string of the molecule is O=C(O)C(F)(F)F.O=C(O)CC(NC(=O)CNC(=O)CCCCNc1ccccn1)c1ccc(-c2cccc(F)c2)cc1. The van der Waals surface area contributed by atoms with Crippen molar-refractivity contribution in [2.24, 2.45) is 0 Å². The first-order valence-electron chi connectivity index (χ1n) is 12.9. The fourth-order valence-corrected chi connectivity index (χ4v) is 3.61. The zero-order valence-electron chi connectivity index (χ0n) is 22.7. The fraction of sp³-hybridized carbons (Fsp3) is 0.276. The van der Waals surface area contributed by atoms with Crippen LogP contribution in [0.3, 0.4) is 0 Å². The van der Waals surface area contributed by atoms with Gasteiger partial charge in [0, 0.05) is 19.2 Å². The topological polar surface area (TPSA) is 158 Å². The minimum Gasteiger partial charge on any atom is -0.481 e. The molecule has 43 heavy (non-hydrogen) atoms. The van der Waals surface area contributed by atoms with Crippen LogP contribution in [0.2, 0.25) is 0 Å². The number of halogens is 4. The molecule has 0 bridgehead atoms. The van der Waals surface area contributed by atoms with Crippen LogP contribution >= 0.6 is 0 Å². The number of carboxylic acids is 2. The molecule has 230 valence electrons. The number of carbonyl (C=O) groups is 4. The molecule has 2 amide bonds. The van der Waals surface area contributed by atoms with Crippen molar-refractivity contribution >= 4 is 29.6 Å². The summed E-state index contributed by atoms with van der Waals surface area (Å²) in [5.74, 6) is -4.14. The van der Waals surface area contributed by atoms with Gasteiger partial charge in [-0.3, -0.25) is 14.4 Å². The quantitative estimate of drug-likeness (QED) is 0.140. The highest BCUT2D eigenvalue weighted by molar-refractivity contribution is 5.85. The third-order valence-electron chi connectivity index (χ3n) is 5.68. The number of anilines is 1. The molecule has 0 fully saturated rings. The molecule has 0 aliphatic heterocycles. The Balaban J connectivity index is 0.000000821. The Kier molecular flexibility index (Phi) is 13.6. The van der Waals surface area contributed by atoms with Gasteiger partial charge in [-0.1, -0.05) is 42.5 Å². The van der Waals surface area contributed by atoms with Crippen molar-refractivity contribution in [2.45, 2.75) is 37.9 Å². The van der Waals surface area contributed by atoms with Crippen LogP contribution in [0, 0.1) is 5.82 Å². The van der Waals surface area contributed by atoms with E-state index in [1.807, 2.05) is 18.2 Å². The van der Waals surface area contributed by atoms with Crippen molar-refractivity contribution in [3.63, 3.8) is 0 Å². The van der Waals surface area contributed by atoms with Crippen LogP contribution in [0.25, 0.3) is 11.1 Å². The lowest BCUT2D eigenvalue weighted by atomic mass is 9.99. The summed E-state index contributed by atoms with van der Waals surface area (Å²) in [6.07, 6.45) is -2.02. The monoisotopic (exact) mass is 606 g/mol. The van der Waals surface area contributed by atoms with Gasteiger partial charge in [-0.25, -0.2) is 14.2 Å².